The summed E-state index contributed by atoms with van der Waals surface area (Å²) in [6, 6.07) is 3.52. The van der Waals surface area contributed by atoms with E-state index in [1.54, 1.807) is 24.9 Å². The maximum Gasteiger partial charge on any atom is 0.289 e. The van der Waals surface area contributed by atoms with Crippen LogP contribution in [0.1, 0.15) is 47.8 Å². The van der Waals surface area contributed by atoms with Gasteiger partial charge >= 0.3 is 0 Å². The number of hydrogen-bond donors (Lipinski definition) is 0. The van der Waals surface area contributed by atoms with E-state index in [1.165, 1.54) is 4.90 Å². The lowest BCUT2D eigenvalue weighted by molar-refractivity contribution is 0.0747. The highest BCUT2D eigenvalue weighted by Crippen LogP contribution is 2.16. The van der Waals surface area contributed by atoms with Crippen LogP contribution in [-0.2, 0) is 12.3 Å². The molecular weight excluding hydrogens is 290 g/mol. The molecule has 0 aliphatic carbocycles. The number of furan rings is 1. The molecule has 0 aliphatic heterocycles. The first kappa shape index (κ1) is 15.6. The number of nitrogens with zero attached hydrogens (tertiary/aromatic N) is 3. The van der Waals surface area contributed by atoms with Crippen molar-refractivity contribution in [3.63, 3.8) is 0 Å². The molecule has 0 N–H and O–H groups in total. The van der Waals surface area contributed by atoms with E-state index in [0.717, 1.165) is 11.5 Å². The quantitative estimate of drug-likeness (QED) is 0.817. The molecule has 0 fully saturated rings. The molecule has 0 aliphatic rings. The largest absolute Gasteiger partial charge is 0.455 e. The van der Waals surface area contributed by atoms with Crippen molar-refractivity contribution in [3.05, 3.63) is 35.4 Å². The molecule has 0 saturated carbocycles. The lowest BCUT2D eigenvalue weighted by atomic mass is 10.2. The van der Waals surface area contributed by atoms with Crippen LogP contribution >= 0.6 is 11.8 Å². The van der Waals surface area contributed by atoms with Gasteiger partial charge in [-0.1, -0.05) is 19.0 Å². The Hall–Kier alpha value is -1.76. The Balaban J connectivity index is 2.00. The summed E-state index contributed by atoms with van der Waals surface area (Å²) in [6.45, 7) is 4.23. The third kappa shape index (κ3) is 3.87. The highest BCUT2D eigenvalue weighted by molar-refractivity contribution is 7.97. The molecule has 6 nitrogen and oxygen atoms in total. The Kier molecular flexibility index (Phi) is 5.06. The van der Waals surface area contributed by atoms with Gasteiger partial charge in [0.25, 0.3) is 5.91 Å². The van der Waals surface area contributed by atoms with Gasteiger partial charge in [0.05, 0.1) is 12.3 Å². The summed E-state index contributed by atoms with van der Waals surface area (Å²) in [6.07, 6.45) is 1.98. The maximum atomic E-state index is 12.2. The number of rotatable bonds is 6. The van der Waals surface area contributed by atoms with Gasteiger partial charge < -0.3 is 13.8 Å². The van der Waals surface area contributed by atoms with Crippen molar-refractivity contribution in [2.24, 2.45) is 0 Å². The first-order chi connectivity index (χ1) is 10.0. The van der Waals surface area contributed by atoms with E-state index in [-0.39, 0.29) is 18.4 Å². The lowest BCUT2D eigenvalue weighted by Crippen LogP contribution is -2.26. The van der Waals surface area contributed by atoms with Gasteiger partial charge in [-0.15, -0.1) is 0 Å². The molecule has 2 aromatic heterocycles. The molecule has 0 aromatic carbocycles. The van der Waals surface area contributed by atoms with Crippen molar-refractivity contribution in [1.29, 1.82) is 0 Å². The summed E-state index contributed by atoms with van der Waals surface area (Å²) in [4.78, 5) is 18.0. The van der Waals surface area contributed by atoms with E-state index < -0.39 is 0 Å². The van der Waals surface area contributed by atoms with Gasteiger partial charge in [0.1, 0.15) is 5.76 Å². The first-order valence-electron chi connectivity index (χ1n) is 6.67. The van der Waals surface area contributed by atoms with Crippen LogP contribution in [0.2, 0.25) is 0 Å². The van der Waals surface area contributed by atoms with Gasteiger partial charge in [-0.05, 0) is 18.4 Å². The first-order valence-corrected chi connectivity index (χ1v) is 8.06. The molecule has 0 atom stereocenters. The Bertz CT molecular complexity index is 606. The molecule has 0 spiro atoms. The van der Waals surface area contributed by atoms with Crippen LogP contribution in [0, 0.1) is 0 Å². The molecule has 114 valence electrons. The number of aromatic nitrogens is 2. The van der Waals surface area contributed by atoms with Crippen LogP contribution in [0.3, 0.4) is 0 Å². The average molecular weight is 309 g/mol. The molecular formula is C14H19N3O3S. The molecule has 21 heavy (non-hydrogen) atoms. The molecule has 7 heteroatoms. The lowest BCUT2D eigenvalue weighted by Gasteiger charge is -2.12. The Morgan fingerprint density at radius 2 is 2.19 bits per heavy atom. The zero-order valence-electron chi connectivity index (χ0n) is 12.6. The second kappa shape index (κ2) is 6.80. The van der Waals surface area contributed by atoms with Crippen molar-refractivity contribution in [2.75, 3.05) is 13.3 Å². The van der Waals surface area contributed by atoms with E-state index in [2.05, 4.69) is 10.1 Å². The summed E-state index contributed by atoms with van der Waals surface area (Å²) in [5, 5.41) is 3.87. The number of carbonyl (C=O) groups excluding carboxylic acids is 1. The van der Waals surface area contributed by atoms with Crippen LogP contribution in [0.4, 0.5) is 0 Å². The van der Waals surface area contributed by atoms with E-state index in [1.807, 2.05) is 26.2 Å². The van der Waals surface area contributed by atoms with E-state index in [4.69, 9.17) is 8.94 Å². The van der Waals surface area contributed by atoms with Crippen molar-refractivity contribution >= 4 is 17.7 Å². The van der Waals surface area contributed by atoms with E-state index in [0.29, 0.717) is 17.5 Å². The average Bonchev–Trinajstić information content (AvgIpc) is 3.07. The third-order valence-corrected chi connectivity index (χ3v) is 3.44. The number of hydrogen-bond acceptors (Lipinski definition) is 6. The van der Waals surface area contributed by atoms with Gasteiger partial charge in [-0.25, -0.2) is 0 Å². The second-order valence-corrected chi connectivity index (χ2v) is 5.93. The minimum absolute atomic E-state index is 0.173. The van der Waals surface area contributed by atoms with Crippen molar-refractivity contribution in [2.45, 2.75) is 32.1 Å². The van der Waals surface area contributed by atoms with Gasteiger partial charge in [-0.3, -0.25) is 4.79 Å². The van der Waals surface area contributed by atoms with Crippen LogP contribution in [0.15, 0.2) is 21.1 Å². The fourth-order valence-corrected chi connectivity index (χ4v) is 2.19. The van der Waals surface area contributed by atoms with Crippen LogP contribution in [-0.4, -0.2) is 34.3 Å². The third-order valence-electron chi connectivity index (χ3n) is 2.86. The van der Waals surface area contributed by atoms with Crippen molar-refractivity contribution in [3.8, 4) is 0 Å². The minimum atomic E-state index is -0.196. The van der Waals surface area contributed by atoms with Gasteiger partial charge in [0.2, 0.25) is 5.89 Å². The zero-order chi connectivity index (χ0) is 15.4. The molecule has 2 aromatic rings. The molecule has 0 saturated heterocycles. The summed E-state index contributed by atoms with van der Waals surface area (Å²) in [7, 11) is 1.69. The topological polar surface area (TPSA) is 72.4 Å². The molecule has 0 unspecified atom stereocenters. The molecule has 0 bridgehead atoms. The predicted octanol–water partition coefficient (Wildman–Crippen LogP) is 2.92. The van der Waals surface area contributed by atoms with Crippen LogP contribution in [0.5, 0.6) is 0 Å². The van der Waals surface area contributed by atoms with Gasteiger partial charge in [-0.2, -0.15) is 16.7 Å². The molecule has 1 amide bonds. The Morgan fingerprint density at radius 1 is 1.43 bits per heavy atom. The summed E-state index contributed by atoms with van der Waals surface area (Å²) in [5.41, 5.74) is 0. The predicted molar refractivity (Wildman–Crippen MR) is 80.1 cm³/mol. The summed E-state index contributed by atoms with van der Waals surface area (Å²) < 4.78 is 10.6. The maximum absolute atomic E-state index is 12.2. The number of carbonyl (C=O) groups is 1. The fraction of sp³-hybridized carbons (Fsp3) is 0.500. The Labute approximate surface area is 127 Å². The molecule has 0 radical (unpaired) electrons. The monoisotopic (exact) mass is 309 g/mol. The van der Waals surface area contributed by atoms with Gasteiger partial charge in [0, 0.05) is 13.0 Å². The van der Waals surface area contributed by atoms with E-state index in [9.17, 15) is 4.79 Å². The molecule has 2 rings (SSSR count). The standard InChI is InChI=1S/C14H19N3O3S/c1-9(2)13-15-12(16-20-13)7-17(3)14(18)11-6-5-10(19-11)8-21-4/h5-6,9H,7-8H2,1-4H3. The molecule has 2 heterocycles. The summed E-state index contributed by atoms with van der Waals surface area (Å²) >= 11 is 1.65. The van der Waals surface area contributed by atoms with Crippen molar-refractivity contribution < 1.29 is 13.7 Å². The fourth-order valence-electron chi connectivity index (χ4n) is 1.75. The second-order valence-electron chi connectivity index (χ2n) is 5.06. The Morgan fingerprint density at radius 3 is 2.81 bits per heavy atom. The zero-order valence-corrected chi connectivity index (χ0v) is 13.4. The van der Waals surface area contributed by atoms with E-state index >= 15 is 0 Å². The van der Waals surface area contributed by atoms with Gasteiger partial charge in [0.15, 0.2) is 11.6 Å². The highest BCUT2D eigenvalue weighted by atomic mass is 32.2. The van der Waals surface area contributed by atoms with Crippen molar-refractivity contribution in [1.82, 2.24) is 15.0 Å². The summed E-state index contributed by atoms with van der Waals surface area (Å²) in [5.74, 6) is 2.91. The normalized spacial score (nSPS) is 11.1. The SMILES string of the molecule is CSCc1ccc(C(=O)N(C)Cc2noc(C(C)C)n2)o1. The van der Waals surface area contributed by atoms with Crippen LogP contribution < -0.4 is 0 Å². The smallest absolute Gasteiger partial charge is 0.289 e. The number of amides is 1. The number of thioether (sulfide) groups is 1. The van der Waals surface area contributed by atoms with Crippen LogP contribution in [0.25, 0.3) is 0 Å². The highest BCUT2D eigenvalue weighted by Gasteiger charge is 2.19. The minimum Gasteiger partial charge on any atom is -0.455 e.